The second-order valence-electron chi connectivity index (χ2n) is 2.16. The molecule has 0 aromatic rings. The summed E-state index contributed by atoms with van der Waals surface area (Å²) in [6, 6.07) is 0. The first-order chi connectivity index (χ1) is 5.95. The zero-order valence-electron chi connectivity index (χ0n) is 8.40. The molecule has 0 aromatic heterocycles. The zero-order valence-corrected chi connectivity index (χ0v) is 10.3. The molecule has 0 heterocycles. The molecule has 0 fully saturated rings. The van der Waals surface area contributed by atoms with Crippen molar-refractivity contribution < 1.29 is 26.6 Å². The molecule has 0 aliphatic carbocycles. The molecule has 0 aromatic carbocycles. The standard InChI is InChI=1S/C5H15O6PSi/c1-7-12(5,6)11-13(8-2,9-3)10-4/h1-5H3. The molecule has 0 radical (unpaired) electrons. The van der Waals surface area contributed by atoms with Crippen molar-refractivity contribution in [1.29, 1.82) is 0 Å². The second-order valence-corrected chi connectivity index (χ2v) is 7.02. The van der Waals surface area contributed by atoms with E-state index in [1.807, 2.05) is 0 Å². The Balaban J connectivity index is 4.51. The highest BCUT2D eigenvalue weighted by atomic mass is 31.2. The third-order valence-electron chi connectivity index (χ3n) is 1.36. The predicted molar refractivity (Wildman–Crippen MR) is 48.4 cm³/mol. The van der Waals surface area contributed by atoms with Gasteiger partial charge in [0.1, 0.15) is 0 Å². The Hall–Kier alpha value is 0.247. The second kappa shape index (κ2) is 5.21. The molecular weight excluding hydrogens is 215 g/mol. The summed E-state index contributed by atoms with van der Waals surface area (Å²) in [6.07, 6.45) is 0. The molecule has 6 nitrogen and oxygen atoms in total. The van der Waals surface area contributed by atoms with Crippen LogP contribution >= 0.6 is 7.60 Å². The van der Waals surface area contributed by atoms with Crippen molar-refractivity contribution in [3.63, 3.8) is 0 Å². The molecule has 1 atom stereocenters. The normalized spacial score (nSPS) is 17.0. The van der Waals surface area contributed by atoms with Crippen molar-refractivity contribution in [3.8, 4) is 0 Å². The van der Waals surface area contributed by atoms with Gasteiger partial charge in [0.15, 0.2) is 0 Å². The lowest BCUT2D eigenvalue weighted by atomic mass is 11.8. The van der Waals surface area contributed by atoms with Gasteiger partial charge in [0.25, 0.3) is 0 Å². The average Bonchev–Trinajstić information content (AvgIpc) is 2.14. The summed E-state index contributed by atoms with van der Waals surface area (Å²) in [5.41, 5.74) is 0. The lowest BCUT2D eigenvalue weighted by molar-refractivity contribution is 0.0461. The molecule has 8 heteroatoms. The van der Waals surface area contributed by atoms with Crippen molar-refractivity contribution in [1.82, 2.24) is 0 Å². The van der Waals surface area contributed by atoms with Gasteiger partial charge < -0.3 is 17.8 Å². The van der Waals surface area contributed by atoms with Gasteiger partial charge in [-0.15, -0.1) is 0 Å². The molecule has 0 spiro atoms. The van der Waals surface area contributed by atoms with Crippen molar-refractivity contribution in [2.24, 2.45) is 0 Å². The van der Waals surface area contributed by atoms with Crippen molar-refractivity contribution in [2.45, 2.75) is 0 Å². The summed E-state index contributed by atoms with van der Waals surface area (Å²) in [5, 5.41) is 0. The van der Waals surface area contributed by atoms with E-state index in [4.69, 9.17) is 17.5 Å². The highest BCUT2D eigenvalue weighted by molar-refractivity contribution is 7.54. The first kappa shape index (κ1) is 13.2. The number of rotatable bonds is 6. The molecule has 0 amide bonds. The van der Waals surface area contributed by atoms with E-state index in [0.717, 1.165) is 0 Å². The lowest BCUT2D eigenvalue weighted by Gasteiger charge is -2.25. The van der Waals surface area contributed by atoms with E-state index in [1.54, 1.807) is 0 Å². The molecule has 0 N–H and O–H groups in total. The van der Waals surface area contributed by atoms with E-state index in [1.165, 1.54) is 35.1 Å². The Morgan fingerprint density at radius 3 is 1.62 bits per heavy atom. The monoisotopic (exact) mass is 230 g/mol. The first-order valence-electron chi connectivity index (χ1n) is 3.44. The van der Waals surface area contributed by atoms with Gasteiger partial charge in [0.05, 0.1) is 0 Å². The lowest BCUT2D eigenvalue weighted by Crippen LogP contribution is -2.45. The van der Waals surface area contributed by atoms with Gasteiger partial charge in [-0.25, -0.2) is 0 Å². The van der Waals surface area contributed by atoms with E-state index < -0.39 is 16.6 Å². The Morgan fingerprint density at radius 2 is 1.38 bits per heavy atom. The van der Waals surface area contributed by atoms with E-state index in [2.05, 4.69) is 4.52 Å². The van der Waals surface area contributed by atoms with E-state index in [-0.39, 0.29) is 0 Å². The van der Waals surface area contributed by atoms with Crippen LogP contribution in [0, 0.1) is 0 Å². The number of hydrogen-bond acceptors (Lipinski definition) is 6. The maximum atomic E-state index is 11.4. The first-order valence-corrected chi connectivity index (χ1v) is 7.07. The Bertz CT molecular complexity index is 185. The third-order valence-corrected chi connectivity index (χ3v) is 5.74. The van der Waals surface area contributed by atoms with E-state index in [9.17, 15) is 4.57 Å². The molecule has 0 aliphatic rings. The molecule has 0 bridgehead atoms. The minimum atomic E-state index is -3.26. The minimum Gasteiger partial charge on any atom is -0.354 e. The fraction of sp³-hybridized carbons (Fsp3) is 1.00. The van der Waals surface area contributed by atoms with Crippen LogP contribution in [0.2, 0.25) is 0 Å². The van der Waals surface area contributed by atoms with Crippen molar-refractivity contribution >= 4 is 16.6 Å². The molecule has 0 saturated heterocycles. The summed E-state index contributed by atoms with van der Waals surface area (Å²) < 4.78 is 35.8. The molecule has 0 saturated carbocycles. The summed E-state index contributed by atoms with van der Waals surface area (Å²) in [7, 11) is -1.07. The van der Waals surface area contributed by atoms with Crippen LogP contribution in [0.25, 0.3) is 0 Å². The topological polar surface area (TPSA) is 63.2 Å². The fourth-order valence-corrected chi connectivity index (χ4v) is 3.92. The van der Waals surface area contributed by atoms with Crippen LogP contribution in [0.3, 0.4) is 0 Å². The van der Waals surface area contributed by atoms with Crippen molar-refractivity contribution in [3.05, 3.63) is 0 Å². The molecule has 0 rings (SSSR count). The Kier molecular flexibility index (Phi) is 5.31. The Morgan fingerprint density at radius 1 is 1.00 bits per heavy atom. The predicted octanol–water partition coefficient (Wildman–Crippen LogP) is 0.847. The van der Waals surface area contributed by atoms with Crippen LogP contribution in [-0.2, 0) is 26.6 Å². The summed E-state index contributed by atoms with van der Waals surface area (Å²) in [5.74, 6) is 0. The molecular formula is C5H15O6PSi. The van der Waals surface area contributed by atoms with Crippen LogP contribution in [0.15, 0.2) is 0 Å². The van der Waals surface area contributed by atoms with Gasteiger partial charge in [-0.2, -0.15) is 0 Å². The Labute approximate surface area is 79.1 Å². The zero-order chi connectivity index (χ0) is 10.5. The van der Waals surface area contributed by atoms with Crippen LogP contribution in [0.5, 0.6) is 0 Å². The van der Waals surface area contributed by atoms with Crippen LogP contribution in [-0.4, -0.2) is 44.2 Å². The maximum absolute atomic E-state index is 11.4. The maximum Gasteiger partial charge on any atom is 0.685 e. The van der Waals surface area contributed by atoms with Crippen LogP contribution < -0.4 is 0 Å². The highest BCUT2D eigenvalue weighted by Crippen LogP contribution is 2.45. The van der Waals surface area contributed by atoms with Gasteiger partial charge in [-0.1, -0.05) is 0 Å². The molecule has 1 unspecified atom stereocenters. The van der Waals surface area contributed by atoms with E-state index in [0.29, 0.717) is 0 Å². The van der Waals surface area contributed by atoms with Gasteiger partial charge >= 0.3 is 16.6 Å². The molecule has 13 heavy (non-hydrogen) atoms. The summed E-state index contributed by atoms with van der Waals surface area (Å²) in [6.45, 7) is 1.31. The van der Waals surface area contributed by atoms with Gasteiger partial charge in [0, 0.05) is 35.1 Å². The van der Waals surface area contributed by atoms with Gasteiger partial charge in [-0.05, 0) is 0 Å². The van der Waals surface area contributed by atoms with Gasteiger partial charge in [-0.3, -0.25) is 8.78 Å². The average molecular weight is 230 g/mol. The smallest absolute Gasteiger partial charge is 0.354 e. The van der Waals surface area contributed by atoms with Crippen LogP contribution in [0.1, 0.15) is 0 Å². The van der Waals surface area contributed by atoms with Gasteiger partial charge in [0.2, 0.25) is 0 Å². The third kappa shape index (κ3) is 3.86. The summed E-state index contributed by atoms with van der Waals surface area (Å²) in [4.78, 5) is 0. The SMILES string of the molecule is CO[Si](OC)(OC)OP(C)(=O)OC. The van der Waals surface area contributed by atoms with E-state index >= 15 is 0 Å². The fourth-order valence-electron chi connectivity index (χ4n) is 0.602. The molecule has 80 valence electrons. The molecule has 0 aliphatic heterocycles. The van der Waals surface area contributed by atoms with Crippen molar-refractivity contribution in [2.75, 3.05) is 35.1 Å². The largest absolute Gasteiger partial charge is 0.685 e. The van der Waals surface area contributed by atoms with Crippen LogP contribution in [0.4, 0.5) is 0 Å². The summed E-state index contributed by atoms with van der Waals surface area (Å²) >= 11 is 0. The highest BCUT2D eigenvalue weighted by Gasteiger charge is 2.47. The number of hydrogen-bond donors (Lipinski definition) is 0. The minimum absolute atomic E-state index is 1.28. The quantitative estimate of drug-likeness (QED) is 0.498.